The highest BCUT2D eigenvalue weighted by Crippen LogP contribution is 2.31. The van der Waals surface area contributed by atoms with E-state index in [0.717, 1.165) is 0 Å². The van der Waals surface area contributed by atoms with Crippen LogP contribution in [0.25, 0.3) is 0 Å². The van der Waals surface area contributed by atoms with Crippen molar-refractivity contribution < 1.29 is 19.1 Å². The van der Waals surface area contributed by atoms with Crippen molar-refractivity contribution in [3.63, 3.8) is 0 Å². The number of piperidine rings is 1. The van der Waals surface area contributed by atoms with Gasteiger partial charge in [-0.3, -0.25) is 14.5 Å². The smallest absolute Gasteiger partial charge is 0.327 e. The fourth-order valence-corrected chi connectivity index (χ4v) is 2.90. The van der Waals surface area contributed by atoms with Crippen LogP contribution in [0.3, 0.4) is 0 Å². The van der Waals surface area contributed by atoms with Crippen molar-refractivity contribution in [2.45, 2.75) is 26.8 Å². The van der Waals surface area contributed by atoms with E-state index in [2.05, 4.69) is 0 Å². The van der Waals surface area contributed by atoms with Crippen LogP contribution in [0.2, 0.25) is 5.02 Å². The van der Waals surface area contributed by atoms with Crippen LogP contribution >= 0.6 is 25.1 Å². The molecule has 7 heteroatoms. The van der Waals surface area contributed by atoms with Gasteiger partial charge in [-0.15, -0.1) is 0 Å². The van der Waals surface area contributed by atoms with Gasteiger partial charge in [0, 0.05) is 30.1 Å². The molecule has 0 saturated carbocycles. The lowest BCUT2D eigenvalue weighted by atomic mass is 9.97. The number of ether oxygens (including phenoxy) is 1. The molecule has 1 aliphatic heterocycles. The molecule has 0 spiro atoms. The van der Waals surface area contributed by atoms with Gasteiger partial charge in [-0.05, 0) is 24.6 Å². The largest absolute Gasteiger partial charge is 0.468 e. The summed E-state index contributed by atoms with van der Waals surface area (Å²) in [5.74, 6) is -0.712. The molecule has 1 heterocycles. The number of benzene rings is 1. The number of halogens is 1. The summed E-state index contributed by atoms with van der Waals surface area (Å²) in [5.41, 5.74) is 1.03. The highest BCUT2D eigenvalue weighted by Gasteiger charge is 2.34. The Hall–Kier alpha value is -1.63. The topological polar surface area (TPSA) is 63.7 Å². The maximum Gasteiger partial charge on any atom is 0.327 e. The van der Waals surface area contributed by atoms with Gasteiger partial charge in [0.15, 0.2) is 11.6 Å². The van der Waals surface area contributed by atoms with Crippen LogP contribution in [0.4, 0.5) is 0 Å². The quantitative estimate of drug-likeness (QED) is 0.588. The van der Waals surface area contributed by atoms with Crippen molar-refractivity contribution in [2.75, 3.05) is 20.2 Å². The van der Waals surface area contributed by atoms with Crippen molar-refractivity contribution in [3.05, 3.63) is 46.5 Å². The minimum Gasteiger partial charge on any atom is -0.468 e. The molecule has 0 radical (unpaired) electrons. The summed E-state index contributed by atoms with van der Waals surface area (Å²) in [6.07, 6.45) is 1.58. The van der Waals surface area contributed by atoms with Gasteiger partial charge in [0.2, 0.25) is 0 Å². The van der Waals surface area contributed by atoms with Crippen LogP contribution in [0, 0.1) is 0 Å². The summed E-state index contributed by atoms with van der Waals surface area (Å²) in [6.45, 7) is 2.01. The van der Waals surface area contributed by atoms with Gasteiger partial charge in [-0.1, -0.05) is 37.2 Å². The van der Waals surface area contributed by atoms with E-state index in [-0.39, 0.29) is 45.5 Å². The monoisotopic (exact) mass is 385 g/mol. The Morgan fingerprint density at radius 2 is 1.96 bits per heavy atom. The normalized spacial score (nSPS) is 17.2. The second-order valence-corrected chi connectivity index (χ2v) is 5.78. The summed E-state index contributed by atoms with van der Waals surface area (Å²) >= 11 is 6.22. The lowest BCUT2D eigenvalue weighted by molar-refractivity contribution is -0.148. The zero-order chi connectivity index (χ0) is 17.0. The first-order valence-electron chi connectivity index (χ1n) is 7.24. The van der Waals surface area contributed by atoms with Crippen LogP contribution in [0.5, 0.6) is 0 Å². The van der Waals surface area contributed by atoms with Gasteiger partial charge in [0.1, 0.15) is 6.04 Å². The third-order valence-corrected chi connectivity index (χ3v) is 4.07. The van der Waals surface area contributed by atoms with Gasteiger partial charge in [-0.25, -0.2) is 4.79 Å². The van der Waals surface area contributed by atoms with Crippen molar-refractivity contribution >= 4 is 42.6 Å². The molecular formula is C18H24ClNO4S. The van der Waals surface area contributed by atoms with Gasteiger partial charge < -0.3 is 4.74 Å². The Bertz CT molecular complexity index is 675. The molecule has 0 unspecified atom stereocenters. The molecule has 2 rings (SSSR count). The first-order chi connectivity index (χ1) is 10.9. The van der Waals surface area contributed by atoms with Crippen LogP contribution in [-0.2, 0) is 19.1 Å². The molecule has 1 aromatic rings. The number of esters is 1. The summed E-state index contributed by atoms with van der Waals surface area (Å²) in [7, 11) is 1.31. The van der Waals surface area contributed by atoms with Crippen molar-refractivity contribution in [1.82, 2.24) is 4.90 Å². The van der Waals surface area contributed by atoms with Gasteiger partial charge in [0.05, 0.1) is 7.11 Å². The number of rotatable bonds is 4. The molecule has 25 heavy (non-hydrogen) atoms. The molecule has 0 aromatic heterocycles. The molecule has 0 N–H and O–H groups in total. The number of methoxy groups -OCH3 is 1. The Morgan fingerprint density at radius 1 is 1.32 bits per heavy atom. The standard InChI is InChI=1S/C17H18ClNO4.CH4.H2S/c1-11(20)9-12-10-19(8-7-15(12)21)16(17(22)23-2)13-5-3-4-6-14(13)18;;/h3-6,9,16H,7-8,10H2,1-2H3;1H4;1H2/b12-9+;;/t16-;;/m0../s1. The number of carbonyl (C=O) groups excluding carboxylic acids is 3. The van der Waals surface area contributed by atoms with Gasteiger partial charge in [-0.2, -0.15) is 13.5 Å². The Balaban J connectivity index is 0.00000288. The molecule has 0 amide bonds. The third-order valence-electron chi connectivity index (χ3n) is 3.72. The molecule has 1 atom stereocenters. The number of hydrogen-bond donors (Lipinski definition) is 0. The van der Waals surface area contributed by atoms with Crippen LogP contribution in [0.15, 0.2) is 35.9 Å². The Kier molecular flexibility index (Phi) is 9.70. The van der Waals surface area contributed by atoms with E-state index < -0.39 is 12.0 Å². The molecule has 0 aliphatic carbocycles. The van der Waals surface area contributed by atoms with Crippen molar-refractivity contribution in [1.29, 1.82) is 0 Å². The minimum atomic E-state index is -0.711. The fraction of sp³-hybridized carbons (Fsp3) is 0.389. The molecular weight excluding hydrogens is 362 g/mol. The Morgan fingerprint density at radius 3 is 2.52 bits per heavy atom. The average Bonchev–Trinajstić information content (AvgIpc) is 2.51. The number of allylic oxidation sites excluding steroid dienone is 1. The number of ketones is 2. The number of hydrogen-bond acceptors (Lipinski definition) is 5. The first-order valence-corrected chi connectivity index (χ1v) is 7.62. The summed E-state index contributed by atoms with van der Waals surface area (Å²) in [5, 5.41) is 0.455. The number of nitrogens with zero attached hydrogens (tertiary/aromatic N) is 1. The summed E-state index contributed by atoms with van der Waals surface area (Å²) in [4.78, 5) is 37.3. The van der Waals surface area contributed by atoms with E-state index in [4.69, 9.17) is 16.3 Å². The van der Waals surface area contributed by atoms with Crippen LogP contribution < -0.4 is 0 Å². The van der Waals surface area contributed by atoms with E-state index in [1.165, 1.54) is 20.1 Å². The van der Waals surface area contributed by atoms with E-state index in [1.807, 2.05) is 4.90 Å². The highest BCUT2D eigenvalue weighted by molar-refractivity contribution is 7.59. The van der Waals surface area contributed by atoms with Crippen molar-refractivity contribution in [2.24, 2.45) is 0 Å². The van der Waals surface area contributed by atoms with E-state index in [0.29, 0.717) is 22.7 Å². The highest BCUT2D eigenvalue weighted by atomic mass is 35.5. The maximum atomic E-state index is 12.3. The minimum absolute atomic E-state index is 0. The third kappa shape index (κ3) is 5.70. The number of likely N-dealkylation sites (tertiary alicyclic amines) is 1. The zero-order valence-electron chi connectivity index (χ0n) is 13.5. The average molecular weight is 386 g/mol. The maximum absolute atomic E-state index is 12.3. The van der Waals surface area contributed by atoms with E-state index in [9.17, 15) is 14.4 Å². The summed E-state index contributed by atoms with van der Waals surface area (Å²) < 4.78 is 4.91. The Labute approximate surface area is 160 Å². The van der Waals surface area contributed by atoms with E-state index >= 15 is 0 Å². The second kappa shape index (κ2) is 10.4. The molecule has 1 aliphatic rings. The predicted molar refractivity (Wildman–Crippen MR) is 103 cm³/mol. The predicted octanol–water partition coefficient (Wildman–Crippen LogP) is 3.09. The second-order valence-electron chi connectivity index (χ2n) is 5.37. The molecule has 0 bridgehead atoms. The van der Waals surface area contributed by atoms with Crippen LogP contribution in [-0.4, -0.2) is 42.6 Å². The lowest BCUT2D eigenvalue weighted by Crippen LogP contribution is -2.42. The number of Topliss-reactive ketones (excluding diaryl/α,β-unsaturated/α-hetero) is 1. The van der Waals surface area contributed by atoms with Gasteiger partial charge in [0.25, 0.3) is 0 Å². The van der Waals surface area contributed by atoms with E-state index in [1.54, 1.807) is 24.3 Å². The zero-order valence-corrected chi connectivity index (χ0v) is 15.3. The van der Waals surface area contributed by atoms with Crippen LogP contribution in [0.1, 0.15) is 32.4 Å². The molecule has 1 saturated heterocycles. The SMILES string of the molecule is C.COC(=O)[C@H](c1ccccc1Cl)N1CCC(=O)/C(=C/C(C)=O)C1.S. The molecule has 1 fully saturated rings. The molecule has 5 nitrogen and oxygen atoms in total. The number of carbonyl (C=O) groups is 3. The summed E-state index contributed by atoms with van der Waals surface area (Å²) in [6, 6.07) is 6.32. The molecule has 138 valence electrons. The lowest BCUT2D eigenvalue weighted by Gasteiger charge is -2.33. The first kappa shape index (κ1) is 23.4. The van der Waals surface area contributed by atoms with Gasteiger partial charge >= 0.3 is 5.97 Å². The molecule has 1 aromatic carbocycles. The fourth-order valence-electron chi connectivity index (χ4n) is 2.66. The van der Waals surface area contributed by atoms with Crippen molar-refractivity contribution in [3.8, 4) is 0 Å².